The zero-order valence-electron chi connectivity index (χ0n) is 14.9. The first kappa shape index (κ1) is 17.2. The van der Waals surface area contributed by atoms with E-state index in [9.17, 15) is 4.79 Å². The summed E-state index contributed by atoms with van der Waals surface area (Å²) in [6.07, 6.45) is 4.31. The van der Waals surface area contributed by atoms with Gasteiger partial charge in [-0.1, -0.05) is 49.2 Å². The van der Waals surface area contributed by atoms with Crippen molar-refractivity contribution in [3.63, 3.8) is 0 Å². The van der Waals surface area contributed by atoms with Crippen LogP contribution in [0.15, 0.2) is 36.4 Å². The number of allylic oxidation sites excluding steroid dienone is 1. The minimum Gasteiger partial charge on any atom is -0.295 e. The van der Waals surface area contributed by atoms with Crippen molar-refractivity contribution >= 4 is 17.4 Å². The lowest BCUT2D eigenvalue weighted by Crippen LogP contribution is -1.97. The molecular formula is C22H26O. The number of Topliss-reactive ketones (excluding diaryl/α,β-unsaturated/α-hetero) is 1. The molecule has 0 heterocycles. The Morgan fingerprint density at radius 1 is 1.00 bits per heavy atom. The van der Waals surface area contributed by atoms with Gasteiger partial charge in [-0.2, -0.15) is 0 Å². The predicted octanol–water partition coefficient (Wildman–Crippen LogP) is 6.02. The van der Waals surface area contributed by atoms with E-state index in [1.165, 1.54) is 27.8 Å². The van der Waals surface area contributed by atoms with Gasteiger partial charge in [0, 0.05) is 5.56 Å². The van der Waals surface area contributed by atoms with Gasteiger partial charge in [0.2, 0.25) is 0 Å². The minimum absolute atomic E-state index is 0.128. The summed E-state index contributed by atoms with van der Waals surface area (Å²) < 4.78 is 0. The van der Waals surface area contributed by atoms with E-state index in [1.54, 1.807) is 6.92 Å². The van der Waals surface area contributed by atoms with E-state index in [0.717, 1.165) is 24.0 Å². The van der Waals surface area contributed by atoms with E-state index in [2.05, 4.69) is 58.0 Å². The van der Waals surface area contributed by atoms with E-state index < -0.39 is 0 Å². The van der Waals surface area contributed by atoms with Crippen LogP contribution < -0.4 is 0 Å². The van der Waals surface area contributed by atoms with Crippen LogP contribution in [0.4, 0.5) is 0 Å². The van der Waals surface area contributed by atoms with Crippen molar-refractivity contribution < 1.29 is 4.79 Å². The first-order valence-electron chi connectivity index (χ1n) is 8.31. The molecule has 0 N–H and O–H groups in total. The Balaban J connectivity index is 2.48. The van der Waals surface area contributed by atoms with Crippen molar-refractivity contribution in [1.29, 1.82) is 0 Å². The van der Waals surface area contributed by atoms with Gasteiger partial charge in [-0.05, 0) is 74.1 Å². The largest absolute Gasteiger partial charge is 0.295 e. The molecule has 0 aliphatic rings. The summed E-state index contributed by atoms with van der Waals surface area (Å²) in [7, 11) is 0. The van der Waals surface area contributed by atoms with Gasteiger partial charge in [0.15, 0.2) is 5.78 Å². The SMILES string of the molecule is CCCc1cc(C(C)=O)cc(/C(C)=C/c2cc(C)ccc2C)c1. The monoisotopic (exact) mass is 306 g/mol. The maximum atomic E-state index is 11.8. The summed E-state index contributed by atoms with van der Waals surface area (Å²) >= 11 is 0. The summed E-state index contributed by atoms with van der Waals surface area (Å²) in [6.45, 7) is 10.2. The molecule has 23 heavy (non-hydrogen) atoms. The number of rotatable bonds is 5. The molecular weight excluding hydrogens is 280 g/mol. The van der Waals surface area contributed by atoms with Crippen LogP contribution in [-0.4, -0.2) is 5.78 Å². The number of hydrogen-bond acceptors (Lipinski definition) is 1. The van der Waals surface area contributed by atoms with Crippen LogP contribution in [0.1, 0.15) is 65.4 Å². The van der Waals surface area contributed by atoms with Gasteiger partial charge in [0.05, 0.1) is 0 Å². The van der Waals surface area contributed by atoms with Crippen LogP contribution in [-0.2, 0) is 6.42 Å². The number of carbonyl (C=O) groups is 1. The van der Waals surface area contributed by atoms with Crippen LogP contribution in [0.2, 0.25) is 0 Å². The molecule has 1 heteroatoms. The second-order valence-electron chi connectivity index (χ2n) is 6.41. The van der Waals surface area contributed by atoms with Crippen LogP contribution in [0.3, 0.4) is 0 Å². The fraction of sp³-hybridized carbons (Fsp3) is 0.318. The molecule has 2 aromatic rings. The molecule has 0 saturated heterocycles. The average molecular weight is 306 g/mol. The van der Waals surface area contributed by atoms with Crippen molar-refractivity contribution in [3.05, 3.63) is 69.8 Å². The number of ketones is 1. The van der Waals surface area contributed by atoms with Crippen LogP contribution in [0, 0.1) is 13.8 Å². The highest BCUT2D eigenvalue weighted by atomic mass is 16.1. The summed E-state index contributed by atoms with van der Waals surface area (Å²) in [5.74, 6) is 0.128. The number of benzene rings is 2. The topological polar surface area (TPSA) is 17.1 Å². The minimum atomic E-state index is 0.128. The smallest absolute Gasteiger partial charge is 0.159 e. The van der Waals surface area contributed by atoms with Gasteiger partial charge in [-0.25, -0.2) is 0 Å². The van der Waals surface area contributed by atoms with Gasteiger partial charge in [-0.15, -0.1) is 0 Å². The van der Waals surface area contributed by atoms with Gasteiger partial charge in [0.1, 0.15) is 0 Å². The van der Waals surface area contributed by atoms with Crippen molar-refractivity contribution in [1.82, 2.24) is 0 Å². The molecule has 0 aliphatic carbocycles. The molecule has 0 fully saturated rings. The zero-order chi connectivity index (χ0) is 17.0. The second kappa shape index (κ2) is 7.41. The number of aryl methyl sites for hydroxylation is 3. The van der Waals surface area contributed by atoms with Gasteiger partial charge in [-0.3, -0.25) is 4.79 Å². The molecule has 0 aromatic heterocycles. The molecule has 0 radical (unpaired) electrons. The summed E-state index contributed by atoms with van der Waals surface area (Å²) in [5.41, 5.74) is 8.16. The lowest BCUT2D eigenvalue weighted by atomic mass is 9.95. The fourth-order valence-electron chi connectivity index (χ4n) is 2.79. The Bertz CT molecular complexity index is 751. The molecule has 0 aliphatic heterocycles. The standard InChI is InChI=1S/C22H26O/c1-6-7-19-12-21(14-22(13-19)18(5)23)17(4)11-20-10-15(2)8-9-16(20)3/h8-14H,6-7H2,1-5H3/b17-11+. The van der Waals surface area contributed by atoms with E-state index >= 15 is 0 Å². The molecule has 120 valence electrons. The third kappa shape index (κ3) is 4.41. The molecule has 0 spiro atoms. The Kier molecular flexibility index (Phi) is 5.54. The lowest BCUT2D eigenvalue weighted by molar-refractivity contribution is 0.101. The Morgan fingerprint density at radius 2 is 1.70 bits per heavy atom. The molecule has 0 atom stereocenters. The Morgan fingerprint density at radius 3 is 2.35 bits per heavy atom. The van der Waals surface area contributed by atoms with Crippen LogP contribution >= 0.6 is 0 Å². The van der Waals surface area contributed by atoms with Crippen molar-refractivity contribution in [2.75, 3.05) is 0 Å². The highest BCUT2D eigenvalue weighted by Crippen LogP contribution is 2.23. The van der Waals surface area contributed by atoms with Crippen LogP contribution in [0.5, 0.6) is 0 Å². The second-order valence-corrected chi connectivity index (χ2v) is 6.41. The molecule has 1 nitrogen and oxygen atoms in total. The van der Waals surface area contributed by atoms with Gasteiger partial charge in [0.25, 0.3) is 0 Å². The van der Waals surface area contributed by atoms with E-state index in [-0.39, 0.29) is 5.78 Å². The maximum absolute atomic E-state index is 11.8. The van der Waals surface area contributed by atoms with Crippen molar-refractivity contribution in [3.8, 4) is 0 Å². The maximum Gasteiger partial charge on any atom is 0.159 e. The molecule has 2 aromatic carbocycles. The van der Waals surface area contributed by atoms with Crippen LogP contribution in [0.25, 0.3) is 11.6 Å². The number of carbonyl (C=O) groups excluding carboxylic acids is 1. The summed E-state index contributed by atoms with van der Waals surface area (Å²) in [5, 5.41) is 0. The molecule has 0 amide bonds. The molecule has 0 bridgehead atoms. The summed E-state index contributed by atoms with van der Waals surface area (Å²) in [6, 6.07) is 12.8. The van der Waals surface area contributed by atoms with Gasteiger partial charge < -0.3 is 0 Å². The normalized spacial score (nSPS) is 11.6. The predicted molar refractivity (Wildman–Crippen MR) is 99.9 cm³/mol. The third-order valence-electron chi connectivity index (χ3n) is 4.20. The average Bonchev–Trinajstić information content (AvgIpc) is 2.51. The lowest BCUT2D eigenvalue weighted by Gasteiger charge is -2.10. The van der Waals surface area contributed by atoms with E-state index in [4.69, 9.17) is 0 Å². The Hall–Kier alpha value is -2.15. The first-order chi connectivity index (χ1) is 10.9. The molecule has 0 saturated carbocycles. The number of hydrogen-bond donors (Lipinski definition) is 0. The van der Waals surface area contributed by atoms with Gasteiger partial charge >= 0.3 is 0 Å². The van der Waals surface area contributed by atoms with Crippen molar-refractivity contribution in [2.45, 2.75) is 47.5 Å². The summed E-state index contributed by atoms with van der Waals surface area (Å²) in [4.78, 5) is 11.8. The zero-order valence-corrected chi connectivity index (χ0v) is 14.9. The quantitative estimate of drug-likeness (QED) is 0.487. The highest BCUT2D eigenvalue weighted by Gasteiger charge is 2.07. The molecule has 2 rings (SSSR count). The van der Waals surface area contributed by atoms with E-state index in [0.29, 0.717) is 0 Å². The first-order valence-corrected chi connectivity index (χ1v) is 8.31. The third-order valence-corrected chi connectivity index (χ3v) is 4.20. The van der Waals surface area contributed by atoms with Crippen molar-refractivity contribution in [2.24, 2.45) is 0 Å². The highest BCUT2D eigenvalue weighted by molar-refractivity contribution is 5.95. The Labute approximate surface area is 140 Å². The molecule has 0 unspecified atom stereocenters. The fourth-order valence-corrected chi connectivity index (χ4v) is 2.79. The van der Waals surface area contributed by atoms with E-state index in [1.807, 2.05) is 12.1 Å².